The standard InChI is InChI=1S/C37H39ClFN3O4S/c1-27-16-20-32(21-17-27)42(47(45,46)33-22-18-30(39)19-23-33)26-36(43)41(25-29-12-8-9-15-34(29)38)35(24-28-10-4-2-5-11-28)37(44)40-31-13-6-3-7-14-31/h2,4-5,8-12,15-23,31,35H,3,6-7,13-14,24-26H2,1H3,(H,40,44)/t35-/m1/s1. The van der Waals surface area contributed by atoms with Crippen molar-refractivity contribution in [3.8, 4) is 0 Å². The molecule has 4 aromatic carbocycles. The lowest BCUT2D eigenvalue weighted by Crippen LogP contribution is -2.55. The molecule has 0 spiro atoms. The smallest absolute Gasteiger partial charge is 0.264 e. The van der Waals surface area contributed by atoms with Gasteiger partial charge in [-0.2, -0.15) is 0 Å². The van der Waals surface area contributed by atoms with Crippen molar-refractivity contribution in [3.63, 3.8) is 0 Å². The summed E-state index contributed by atoms with van der Waals surface area (Å²) in [6.45, 7) is 1.25. The van der Waals surface area contributed by atoms with Gasteiger partial charge in [-0.05, 0) is 73.4 Å². The predicted molar refractivity (Wildman–Crippen MR) is 183 cm³/mol. The molecule has 0 unspecified atom stereocenters. The minimum Gasteiger partial charge on any atom is -0.352 e. The summed E-state index contributed by atoms with van der Waals surface area (Å²) in [6.07, 6.45) is 5.09. The van der Waals surface area contributed by atoms with E-state index in [2.05, 4.69) is 5.32 Å². The number of carbonyl (C=O) groups excluding carboxylic acids is 2. The lowest BCUT2D eigenvalue weighted by Gasteiger charge is -2.35. The number of halogens is 2. The third-order valence-electron chi connectivity index (χ3n) is 8.52. The van der Waals surface area contributed by atoms with Crippen LogP contribution in [0.5, 0.6) is 0 Å². The van der Waals surface area contributed by atoms with Gasteiger partial charge in [0.2, 0.25) is 11.8 Å². The molecule has 0 aliphatic heterocycles. The summed E-state index contributed by atoms with van der Waals surface area (Å²) < 4.78 is 43.0. The lowest BCUT2D eigenvalue weighted by atomic mass is 9.94. The highest BCUT2D eigenvalue weighted by Crippen LogP contribution is 2.27. The second-order valence-corrected chi connectivity index (χ2v) is 14.2. The fourth-order valence-corrected chi connectivity index (χ4v) is 7.49. The number of hydrogen-bond acceptors (Lipinski definition) is 4. The molecule has 0 radical (unpaired) electrons. The molecule has 1 saturated carbocycles. The first-order chi connectivity index (χ1) is 22.6. The van der Waals surface area contributed by atoms with Crippen molar-refractivity contribution < 1.29 is 22.4 Å². The molecule has 47 heavy (non-hydrogen) atoms. The first kappa shape index (κ1) is 34.1. The van der Waals surface area contributed by atoms with Gasteiger partial charge < -0.3 is 10.2 Å². The Bertz CT molecular complexity index is 1760. The fourth-order valence-electron chi connectivity index (χ4n) is 5.88. The average molecular weight is 676 g/mol. The van der Waals surface area contributed by atoms with Crippen LogP contribution in [0.25, 0.3) is 0 Å². The molecule has 10 heteroatoms. The van der Waals surface area contributed by atoms with Crippen LogP contribution in [0.2, 0.25) is 5.02 Å². The molecule has 0 heterocycles. The Kier molecular flexibility index (Phi) is 11.3. The number of nitrogens with zero attached hydrogens (tertiary/aromatic N) is 2. The van der Waals surface area contributed by atoms with Gasteiger partial charge in [0.1, 0.15) is 18.4 Å². The van der Waals surface area contributed by atoms with Gasteiger partial charge in [-0.25, -0.2) is 12.8 Å². The molecule has 1 aliphatic carbocycles. The normalized spacial score (nSPS) is 14.3. The molecule has 5 rings (SSSR count). The van der Waals surface area contributed by atoms with Crippen LogP contribution in [0.4, 0.5) is 10.1 Å². The average Bonchev–Trinajstić information content (AvgIpc) is 3.07. The van der Waals surface area contributed by atoms with Crippen molar-refractivity contribution in [1.29, 1.82) is 0 Å². The number of nitrogens with one attached hydrogen (secondary N) is 1. The van der Waals surface area contributed by atoms with Crippen LogP contribution in [0.15, 0.2) is 108 Å². The van der Waals surface area contributed by atoms with E-state index in [1.165, 1.54) is 17.0 Å². The summed E-state index contributed by atoms with van der Waals surface area (Å²) in [5, 5.41) is 3.62. The van der Waals surface area contributed by atoms with Gasteiger partial charge in [0.15, 0.2) is 0 Å². The molecule has 1 atom stereocenters. The van der Waals surface area contributed by atoms with Gasteiger partial charge in [-0.15, -0.1) is 0 Å². The molecule has 0 aromatic heterocycles. The van der Waals surface area contributed by atoms with Crippen LogP contribution in [0, 0.1) is 12.7 Å². The van der Waals surface area contributed by atoms with Gasteiger partial charge >= 0.3 is 0 Å². The summed E-state index contributed by atoms with van der Waals surface area (Å²) >= 11 is 6.58. The summed E-state index contributed by atoms with van der Waals surface area (Å²) in [7, 11) is -4.33. The van der Waals surface area contributed by atoms with Crippen molar-refractivity contribution in [1.82, 2.24) is 10.2 Å². The number of hydrogen-bond donors (Lipinski definition) is 1. The molecule has 4 aromatic rings. The highest BCUT2D eigenvalue weighted by Gasteiger charge is 2.35. The first-order valence-corrected chi connectivity index (χ1v) is 17.7. The van der Waals surface area contributed by atoms with Crippen molar-refractivity contribution in [2.45, 2.75) is 69.0 Å². The second kappa shape index (κ2) is 15.6. The maximum absolute atomic E-state index is 14.6. The van der Waals surface area contributed by atoms with Crippen molar-refractivity contribution in [2.24, 2.45) is 0 Å². The maximum Gasteiger partial charge on any atom is 0.264 e. The van der Waals surface area contributed by atoms with Gasteiger partial charge in [-0.3, -0.25) is 13.9 Å². The largest absolute Gasteiger partial charge is 0.352 e. The van der Waals surface area contributed by atoms with Crippen LogP contribution in [-0.4, -0.2) is 43.8 Å². The zero-order valence-corrected chi connectivity index (χ0v) is 27.9. The molecule has 246 valence electrons. The van der Waals surface area contributed by atoms with E-state index in [0.717, 1.165) is 59.7 Å². The number of rotatable bonds is 12. The summed E-state index contributed by atoms with van der Waals surface area (Å²) in [5.41, 5.74) is 2.64. The number of benzene rings is 4. The van der Waals surface area contributed by atoms with E-state index >= 15 is 0 Å². The Hall–Kier alpha value is -4.21. The number of anilines is 1. The number of aryl methyl sites for hydroxylation is 1. The van der Waals surface area contributed by atoms with Crippen LogP contribution in [-0.2, 0) is 32.6 Å². The Morgan fingerprint density at radius 2 is 1.51 bits per heavy atom. The van der Waals surface area contributed by atoms with E-state index in [1.807, 2.05) is 37.3 Å². The minimum absolute atomic E-state index is 0.00491. The van der Waals surface area contributed by atoms with Gasteiger partial charge in [-0.1, -0.05) is 97.1 Å². The molecular weight excluding hydrogens is 637 g/mol. The molecule has 1 N–H and O–H groups in total. The van der Waals surface area contributed by atoms with E-state index < -0.39 is 34.3 Å². The monoisotopic (exact) mass is 675 g/mol. The topological polar surface area (TPSA) is 86.8 Å². The SMILES string of the molecule is Cc1ccc(N(CC(=O)N(Cc2ccccc2Cl)[C@H](Cc2ccccc2)C(=O)NC2CCCCC2)S(=O)(=O)c2ccc(F)cc2)cc1. The molecule has 7 nitrogen and oxygen atoms in total. The van der Waals surface area contributed by atoms with Crippen molar-refractivity contribution >= 4 is 39.1 Å². The quantitative estimate of drug-likeness (QED) is 0.174. The van der Waals surface area contributed by atoms with Crippen LogP contribution >= 0.6 is 11.6 Å². The highest BCUT2D eigenvalue weighted by molar-refractivity contribution is 7.92. The van der Waals surface area contributed by atoms with Gasteiger partial charge in [0.25, 0.3) is 10.0 Å². The summed E-state index contributed by atoms with van der Waals surface area (Å²) in [4.78, 5) is 30.1. The maximum atomic E-state index is 14.6. The number of sulfonamides is 1. The van der Waals surface area contributed by atoms with E-state index in [4.69, 9.17) is 11.6 Å². The van der Waals surface area contributed by atoms with Crippen molar-refractivity contribution in [2.75, 3.05) is 10.8 Å². The molecule has 0 saturated heterocycles. The molecule has 1 aliphatic rings. The Morgan fingerprint density at radius 1 is 0.872 bits per heavy atom. The van der Waals surface area contributed by atoms with Crippen LogP contribution in [0.3, 0.4) is 0 Å². The predicted octanol–water partition coefficient (Wildman–Crippen LogP) is 7.07. The van der Waals surface area contributed by atoms with E-state index in [9.17, 15) is 22.4 Å². The Labute approximate surface area is 281 Å². The fraction of sp³-hybridized carbons (Fsp3) is 0.297. The van der Waals surface area contributed by atoms with Gasteiger partial charge in [0, 0.05) is 24.0 Å². The van der Waals surface area contributed by atoms with Crippen LogP contribution < -0.4 is 9.62 Å². The Morgan fingerprint density at radius 3 is 2.17 bits per heavy atom. The summed E-state index contributed by atoms with van der Waals surface area (Å²) in [5.74, 6) is -1.47. The molecule has 2 amide bonds. The Balaban J connectivity index is 1.56. The lowest BCUT2D eigenvalue weighted by molar-refractivity contribution is -0.140. The van der Waals surface area contributed by atoms with Crippen molar-refractivity contribution in [3.05, 3.63) is 131 Å². The van der Waals surface area contributed by atoms with Crippen LogP contribution in [0.1, 0.15) is 48.8 Å². The van der Waals surface area contributed by atoms with Gasteiger partial charge in [0.05, 0.1) is 10.6 Å². The third kappa shape index (κ3) is 8.78. The number of carbonyl (C=O) groups is 2. The third-order valence-corrected chi connectivity index (χ3v) is 10.7. The van der Waals surface area contributed by atoms with E-state index in [1.54, 1.807) is 48.5 Å². The zero-order valence-electron chi connectivity index (χ0n) is 26.3. The molecule has 1 fully saturated rings. The minimum atomic E-state index is -4.33. The molecular formula is C37H39ClFN3O4S. The second-order valence-electron chi connectivity index (χ2n) is 12.0. The number of amides is 2. The molecule has 0 bridgehead atoms. The highest BCUT2D eigenvalue weighted by atomic mass is 35.5. The van der Waals surface area contributed by atoms with E-state index in [-0.39, 0.29) is 35.5 Å². The first-order valence-electron chi connectivity index (χ1n) is 15.8. The summed E-state index contributed by atoms with van der Waals surface area (Å²) in [6, 6.07) is 26.8. The zero-order chi connectivity index (χ0) is 33.4. The van der Waals surface area contributed by atoms with E-state index in [0.29, 0.717) is 10.6 Å².